The molecule has 0 saturated heterocycles. The molecule has 0 unspecified atom stereocenters. The fourth-order valence-electron chi connectivity index (χ4n) is 1.34. The summed E-state index contributed by atoms with van der Waals surface area (Å²) in [6, 6.07) is 0. The monoisotopic (exact) mass is 341 g/mol. The third-order valence-electron chi connectivity index (χ3n) is 2.16. The fraction of sp³-hybridized carbons (Fsp3) is 0.667. The Morgan fingerprint density at radius 3 is 2.76 bits per heavy atom. The first-order chi connectivity index (χ1) is 7.93. The lowest BCUT2D eigenvalue weighted by atomic mass is 10.4. The van der Waals surface area contributed by atoms with Crippen molar-refractivity contribution in [2.45, 2.75) is 13.3 Å². The van der Waals surface area contributed by atoms with Crippen LogP contribution in [0.4, 0.5) is 5.13 Å². The molecule has 0 spiro atoms. The first-order valence-electron chi connectivity index (χ1n) is 5.23. The molecule has 98 valence electrons. The Morgan fingerprint density at radius 2 is 2.29 bits per heavy atom. The van der Waals surface area contributed by atoms with Crippen molar-refractivity contribution in [1.82, 2.24) is 9.29 Å². The predicted octanol–water partition coefficient (Wildman–Crippen LogP) is 1.99. The second kappa shape index (κ2) is 6.67. The maximum Gasteiger partial charge on any atom is 0.211 e. The zero-order valence-electron chi connectivity index (χ0n) is 9.81. The Kier molecular flexibility index (Phi) is 5.84. The van der Waals surface area contributed by atoms with Crippen LogP contribution in [-0.4, -0.2) is 43.6 Å². The summed E-state index contributed by atoms with van der Waals surface area (Å²) >= 11 is 4.79. The second-order valence-electron chi connectivity index (χ2n) is 3.51. The smallest absolute Gasteiger partial charge is 0.211 e. The molecule has 0 aliphatic carbocycles. The zero-order chi connectivity index (χ0) is 12.9. The van der Waals surface area contributed by atoms with E-state index in [9.17, 15) is 8.42 Å². The van der Waals surface area contributed by atoms with Crippen LogP contribution >= 0.6 is 27.3 Å². The highest BCUT2D eigenvalue weighted by Gasteiger charge is 2.13. The highest BCUT2D eigenvalue weighted by molar-refractivity contribution is 9.10. The van der Waals surface area contributed by atoms with Crippen LogP contribution in [0.15, 0.2) is 9.98 Å². The largest absolute Gasteiger partial charge is 0.361 e. The number of anilines is 1. The van der Waals surface area contributed by atoms with E-state index in [1.165, 1.54) is 21.9 Å². The summed E-state index contributed by atoms with van der Waals surface area (Å²) in [5.74, 6) is 0. The van der Waals surface area contributed by atoms with Crippen LogP contribution in [0.1, 0.15) is 13.3 Å². The van der Waals surface area contributed by atoms with E-state index in [4.69, 9.17) is 0 Å². The van der Waals surface area contributed by atoms with Gasteiger partial charge in [0.2, 0.25) is 10.0 Å². The quantitative estimate of drug-likeness (QED) is 0.770. The van der Waals surface area contributed by atoms with Gasteiger partial charge in [-0.05, 0) is 22.4 Å². The van der Waals surface area contributed by atoms with Crippen molar-refractivity contribution in [2.24, 2.45) is 0 Å². The molecule has 1 N–H and O–H groups in total. The van der Waals surface area contributed by atoms with Crippen molar-refractivity contribution in [3.63, 3.8) is 0 Å². The number of hydrogen-bond acceptors (Lipinski definition) is 5. The van der Waals surface area contributed by atoms with Gasteiger partial charge in [0.1, 0.15) is 4.60 Å². The molecular formula is C9H16BrN3O2S2. The topological polar surface area (TPSA) is 62.3 Å². The van der Waals surface area contributed by atoms with Crippen molar-refractivity contribution in [1.29, 1.82) is 0 Å². The molecule has 1 rings (SSSR count). The number of nitrogens with zero attached hydrogens (tertiary/aromatic N) is 2. The molecule has 0 saturated carbocycles. The number of sulfonamides is 1. The van der Waals surface area contributed by atoms with Crippen LogP contribution in [0.5, 0.6) is 0 Å². The van der Waals surface area contributed by atoms with E-state index >= 15 is 0 Å². The standard InChI is InChI=1S/C9H16BrN3O2S2/c1-3-13(17(2,14)15)6-4-5-11-9-12-8(10)7-16-9/h7H,3-6H2,1-2H3,(H,11,12). The first kappa shape index (κ1) is 14.9. The molecule has 1 heterocycles. The van der Waals surface area contributed by atoms with Crippen LogP contribution in [0, 0.1) is 0 Å². The summed E-state index contributed by atoms with van der Waals surface area (Å²) < 4.78 is 24.9. The van der Waals surface area contributed by atoms with Crippen molar-refractivity contribution in [2.75, 3.05) is 31.2 Å². The van der Waals surface area contributed by atoms with Crippen LogP contribution < -0.4 is 5.32 Å². The summed E-state index contributed by atoms with van der Waals surface area (Å²) in [4.78, 5) is 4.19. The van der Waals surface area contributed by atoms with Crippen LogP contribution in [0.25, 0.3) is 0 Å². The highest BCUT2D eigenvalue weighted by atomic mass is 79.9. The summed E-state index contributed by atoms with van der Waals surface area (Å²) in [5, 5.41) is 5.90. The van der Waals surface area contributed by atoms with Crippen molar-refractivity contribution < 1.29 is 8.42 Å². The maximum absolute atomic E-state index is 11.3. The molecule has 0 amide bonds. The van der Waals surface area contributed by atoms with Crippen LogP contribution in [0.3, 0.4) is 0 Å². The molecule has 1 aromatic heterocycles. The third-order valence-corrected chi connectivity index (χ3v) is 5.05. The minimum atomic E-state index is -3.07. The number of nitrogens with one attached hydrogen (secondary N) is 1. The summed E-state index contributed by atoms with van der Waals surface area (Å²) in [6.45, 7) is 3.61. The van der Waals surface area contributed by atoms with Gasteiger partial charge < -0.3 is 5.32 Å². The fourth-order valence-corrected chi connectivity index (χ4v) is 3.45. The Morgan fingerprint density at radius 1 is 1.59 bits per heavy atom. The second-order valence-corrected chi connectivity index (χ2v) is 7.16. The van der Waals surface area contributed by atoms with Gasteiger partial charge in [-0.1, -0.05) is 6.92 Å². The van der Waals surface area contributed by atoms with Gasteiger partial charge in [0.05, 0.1) is 6.26 Å². The molecule has 0 aromatic carbocycles. The average molecular weight is 342 g/mol. The lowest BCUT2D eigenvalue weighted by molar-refractivity contribution is 0.429. The van der Waals surface area contributed by atoms with E-state index in [0.717, 1.165) is 16.2 Å². The van der Waals surface area contributed by atoms with Crippen LogP contribution in [0.2, 0.25) is 0 Å². The molecule has 0 bridgehead atoms. The Hall–Kier alpha value is -0.180. The summed E-state index contributed by atoms with van der Waals surface area (Å²) in [7, 11) is -3.07. The molecule has 0 fully saturated rings. The molecule has 0 aliphatic heterocycles. The molecule has 5 nitrogen and oxygen atoms in total. The van der Waals surface area contributed by atoms with Gasteiger partial charge in [0.25, 0.3) is 0 Å². The Balaban J connectivity index is 2.28. The molecule has 0 radical (unpaired) electrons. The van der Waals surface area contributed by atoms with Gasteiger partial charge in [-0.2, -0.15) is 0 Å². The molecule has 0 atom stereocenters. The normalized spacial score (nSPS) is 12.0. The number of thiazole rings is 1. The van der Waals surface area contributed by atoms with Crippen molar-refractivity contribution in [3.05, 3.63) is 9.98 Å². The van der Waals surface area contributed by atoms with Gasteiger partial charge in [0.15, 0.2) is 5.13 Å². The minimum absolute atomic E-state index is 0.516. The molecule has 1 aromatic rings. The SMILES string of the molecule is CCN(CCCNc1nc(Br)cs1)S(C)(=O)=O. The number of aromatic nitrogens is 1. The van der Waals surface area contributed by atoms with E-state index in [2.05, 4.69) is 26.2 Å². The van der Waals surface area contributed by atoms with Gasteiger partial charge in [-0.15, -0.1) is 11.3 Å². The van der Waals surface area contributed by atoms with E-state index in [1.54, 1.807) is 0 Å². The van der Waals surface area contributed by atoms with E-state index in [1.807, 2.05) is 12.3 Å². The molecular weight excluding hydrogens is 326 g/mol. The van der Waals surface area contributed by atoms with Gasteiger partial charge >= 0.3 is 0 Å². The lowest BCUT2D eigenvalue weighted by Gasteiger charge is -2.17. The van der Waals surface area contributed by atoms with Gasteiger partial charge in [-0.3, -0.25) is 0 Å². The van der Waals surface area contributed by atoms with E-state index < -0.39 is 10.0 Å². The molecule has 0 aliphatic rings. The Labute approximate surface area is 114 Å². The summed E-state index contributed by atoms with van der Waals surface area (Å²) in [6.07, 6.45) is 2.00. The average Bonchev–Trinajstić information content (AvgIpc) is 2.62. The molecule has 8 heteroatoms. The lowest BCUT2D eigenvalue weighted by Crippen LogP contribution is -2.31. The number of halogens is 1. The van der Waals surface area contributed by atoms with Gasteiger partial charge in [0, 0.05) is 25.0 Å². The number of hydrogen-bond donors (Lipinski definition) is 1. The van der Waals surface area contributed by atoms with Crippen molar-refractivity contribution in [3.8, 4) is 0 Å². The first-order valence-corrected chi connectivity index (χ1v) is 8.75. The molecule has 17 heavy (non-hydrogen) atoms. The van der Waals surface area contributed by atoms with Crippen LogP contribution in [-0.2, 0) is 10.0 Å². The Bertz CT molecular complexity index is 447. The number of rotatable bonds is 7. The van der Waals surface area contributed by atoms with E-state index in [0.29, 0.717) is 19.6 Å². The van der Waals surface area contributed by atoms with Gasteiger partial charge in [-0.25, -0.2) is 17.7 Å². The minimum Gasteiger partial charge on any atom is -0.361 e. The summed E-state index contributed by atoms with van der Waals surface area (Å²) in [5.41, 5.74) is 0. The highest BCUT2D eigenvalue weighted by Crippen LogP contribution is 2.19. The van der Waals surface area contributed by atoms with Crippen molar-refractivity contribution >= 4 is 42.4 Å². The third kappa shape index (κ3) is 5.33. The van der Waals surface area contributed by atoms with E-state index in [-0.39, 0.29) is 0 Å². The predicted molar refractivity (Wildman–Crippen MR) is 75.0 cm³/mol. The zero-order valence-corrected chi connectivity index (χ0v) is 13.0. The maximum atomic E-state index is 11.3.